The molecule has 40 heavy (non-hydrogen) atoms. The summed E-state index contributed by atoms with van der Waals surface area (Å²) in [4.78, 5) is 23.1. The molecule has 2 aromatic heterocycles. The molecule has 1 fully saturated rings. The van der Waals surface area contributed by atoms with E-state index in [1.54, 1.807) is 12.3 Å². The number of aromatic amines is 1. The van der Waals surface area contributed by atoms with Crippen LogP contribution < -0.4 is 9.64 Å². The van der Waals surface area contributed by atoms with Crippen LogP contribution in [0.15, 0.2) is 97.3 Å². The van der Waals surface area contributed by atoms with Gasteiger partial charge < -0.3 is 19.4 Å². The second-order valence-electron chi connectivity index (χ2n) is 11.2. The lowest BCUT2D eigenvalue weighted by Gasteiger charge is -2.27. The molecule has 0 spiro atoms. The number of hydrogen-bond acceptors (Lipinski definition) is 5. The highest BCUT2D eigenvalue weighted by Crippen LogP contribution is 2.38. The average Bonchev–Trinajstić information content (AvgIpc) is 3.62. The molecule has 0 amide bonds. The van der Waals surface area contributed by atoms with Crippen LogP contribution in [0.1, 0.15) is 55.6 Å². The first-order valence-corrected chi connectivity index (χ1v) is 13.7. The van der Waals surface area contributed by atoms with Crippen LogP contribution >= 0.6 is 0 Å². The first-order valence-electron chi connectivity index (χ1n) is 13.7. The van der Waals surface area contributed by atoms with Crippen molar-refractivity contribution in [2.75, 3.05) is 11.4 Å². The SMILES string of the molecule is CC(C)(C)OC(=O)c1ccc(-c2ccc(C3CCCN3c3ccccc3)cc2)cc1Oc1cnc2[nH]ccc2c1. The maximum absolute atomic E-state index is 13.1. The van der Waals surface area contributed by atoms with Gasteiger partial charge in [-0.25, -0.2) is 9.78 Å². The van der Waals surface area contributed by atoms with Gasteiger partial charge in [0.2, 0.25) is 0 Å². The monoisotopic (exact) mass is 531 g/mol. The Morgan fingerprint density at radius 1 is 0.950 bits per heavy atom. The molecule has 0 bridgehead atoms. The maximum Gasteiger partial charge on any atom is 0.342 e. The molecule has 202 valence electrons. The molecule has 3 heterocycles. The molecule has 0 saturated carbocycles. The van der Waals surface area contributed by atoms with Gasteiger partial charge in [-0.1, -0.05) is 48.5 Å². The van der Waals surface area contributed by atoms with Gasteiger partial charge in [-0.05, 0) is 86.7 Å². The van der Waals surface area contributed by atoms with Crippen LogP contribution in [0.2, 0.25) is 0 Å². The van der Waals surface area contributed by atoms with Crippen molar-refractivity contribution in [1.29, 1.82) is 0 Å². The van der Waals surface area contributed by atoms with Crippen LogP contribution in [0.3, 0.4) is 0 Å². The standard InChI is InChI=1S/C34H33N3O3/c1-34(2,3)40-33(38)29-16-15-25(21-31(29)39-28-20-26-17-18-35-32(26)36-22-28)23-11-13-24(14-12-23)30-10-7-19-37(30)27-8-5-4-6-9-27/h4-6,8-9,11-18,20-22,30H,7,10,19H2,1-3H3,(H,35,36). The predicted octanol–water partition coefficient (Wildman–Crippen LogP) is 8.32. The lowest BCUT2D eigenvalue weighted by Crippen LogP contribution is -2.24. The molecule has 1 aliphatic heterocycles. The predicted molar refractivity (Wildman–Crippen MR) is 159 cm³/mol. The topological polar surface area (TPSA) is 67.4 Å². The number of carbonyl (C=O) groups is 1. The molecule has 1 N–H and O–H groups in total. The molecule has 6 rings (SSSR count). The summed E-state index contributed by atoms with van der Waals surface area (Å²) in [6, 6.07) is 29.2. The van der Waals surface area contributed by atoms with Gasteiger partial charge in [-0.2, -0.15) is 0 Å². The van der Waals surface area contributed by atoms with E-state index in [-0.39, 0.29) is 0 Å². The zero-order valence-corrected chi connectivity index (χ0v) is 23.1. The Labute approximate surface area is 234 Å². The number of para-hydroxylation sites is 1. The van der Waals surface area contributed by atoms with E-state index in [9.17, 15) is 4.79 Å². The molecular formula is C34H33N3O3. The van der Waals surface area contributed by atoms with Crippen LogP contribution in [-0.2, 0) is 4.74 Å². The third-order valence-electron chi connectivity index (χ3n) is 7.17. The smallest absolute Gasteiger partial charge is 0.342 e. The van der Waals surface area contributed by atoms with E-state index in [1.807, 2.05) is 51.2 Å². The van der Waals surface area contributed by atoms with E-state index < -0.39 is 11.6 Å². The highest BCUT2D eigenvalue weighted by molar-refractivity contribution is 5.94. The van der Waals surface area contributed by atoms with Gasteiger partial charge in [-0.3, -0.25) is 0 Å². The Kier molecular flexibility index (Phi) is 6.76. The van der Waals surface area contributed by atoms with Crippen LogP contribution in [0.4, 0.5) is 5.69 Å². The summed E-state index contributed by atoms with van der Waals surface area (Å²) in [7, 11) is 0. The Hall–Kier alpha value is -4.58. The number of anilines is 1. The number of rotatable bonds is 6. The van der Waals surface area contributed by atoms with Crippen LogP contribution in [0.25, 0.3) is 22.2 Å². The highest BCUT2D eigenvalue weighted by Gasteiger charge is 2.26. The fourth-order valence-electron chi connectivity index (χ4n) is 5.33. The van der Waals surface area contributed by atoms with Gasteiger partial charge in [0.15, 0.2) is 0 Å². The lowest BCUT2D eigenvalue weighted by atomic mass is 9.98. The number of ether oxygens (including phenoxy) is 2. The number of fused-ring (bicyclic) bond motifs is 1. The highest BCUT2D eigenvalue weighted by atomic mass is 16.6. The number of nitrogens with one attached hydrogen (secondary N) is 1. The van der Waals surface area contributed by atoms with E-state index in [0.29, 0.717) is 23.1 Å². The van der Waals surface area contributed by atoms with Gasteiger partial charge in [0.05, 0.1) is 12.2 Å². The molecule has 1 saturated heterocycles. The minimum Gasteiger partial charge on any atom is -0.456 e. The Morgan fingerprint density at radius 2 is 1.73 bits per heavy atom. The number of esters is 1. The maximum atomic E-state index is 13.1. The molecule has 1 unspecified atom stereocenters. The third-order valence-corrected chi connectivity index (χ3v) is 7.17. The van der Waals surface area contributed by atoms with Crippen molar-refractivity contribution in [3.8, 4) is 22.6 Å². The molecule has 0 aliphatic carbocycles. The van der Waals surface area contributed by atoms with Crippen molar-refractivity contribution in [3.05, 3.63) is 108 Å². The number of nitrogens with zero attached hydrogens (tertiary/aromatic N) is 2. The van der Waals surface area contributed by atoms with Crippen molar-refractivity contribution < 1.29 is 14.3 Å². The van der Waals surface area contributed by atoms with Gasteiger partial charge in [0.25, 0.3) is 0 Å². The second-order valence-corrected chi connectivity index (χ2v) is 11.2. The van der Waals surface area contributed by atoms with Crippen molar-refractivity contribution in [2.45, 2.75) is 45.3 Å². The van der Waals surface area contributed by atoms with Crippen LogP contribution in [-0.4, -0.2) is 28.1 Å². The molecule has 1 atom stereocenters. The first kappa shape index (κ1) is 25.7. The quantitative estimate of drug-likeness (QED) is 0.223. The zero-order chi connectivity index (χ0) is 27.7. The summed E-state index contributed by atoms with van der Waals surface area (Å²) in [6.45, 7) is 6.63. The third kappa shape index (κ3) is 5.43. The van der Waals surface area contributed by atoms with Gasteiger partial charge in [-0.15, -0.1) is 0 Å². The van der Waals surface area contributed by atoms with Gasteiger partial charge >= 0.3 is 5.97 Å². The molecule has 0 radical (unpaired) electrons. The molecule has 6 heteroatoms. The second kappa shape index (κ2) is 10.5. The number of carbonyl (C=O) groups excluding carboxylic acids is 1. The fourth-order valence-corrected chi connectivity index (χ4v) is 5.33. The van der Waals surface area contributed by atoms with E-state index in [1.165, 1.54) is 17.7 Å². The minimum atomic E-state index is -0.623. The summed E-state index contributed by atoms with van der Waals surface area (Å²) in [5, 5.41) is 0.930. The number of H-pyrrole nitrogens is 1. The average molecular weight is 532 g/mol. The minimum absolute atomic E-state index is 0.362. The van der Waals surface area contributed by atoms with Gasteiger partial charge in [0.1, 0.15) is 28.3 Å². The van der Waals surface area contributed by atoms with Crippen LogP contribution in [0.5, 0.6) is 11.5 Å². The molecule has 6 nitrogen and oxygen atoms in total. The van der Waals surface area contributed by atoms with E-state index >= 15 is 0 Å². The van der Waals surface area contributed by atoms with Crippen molar-refractivity contribution in [1.82, 2.24) is 9.97 Å². The van der Waals surface area contributed by atoms with E-state index in [2.05, 4.69) is 69.5 Å². The zero-order valence-electron chi connectivity index (χ0n) is 23.1. The van der Waals surface area contributed by atoms with Crippen molar-refractivity contribution >= 4 is 22.7 Å². The summed E-state index contributed by atoms with van der Waals surface area (Å²) in [6.07, 6.45) is 5.80. The molecular weight excluding hydrogens is 498 g/mol. The number of hydrogen-bond donors (Lipinski definition) is 1. The van der Waals surface area contributed by atoms with Crippen molar-refractivity contribution in [3.63, 3.8) is 0 Å². The van der Waals surface area contributed by atoms with Crippen LogP contribution in [0, 0.1) is 0 Å². The number of pyridine rings is 1. The Bertz CT molecular complexity index is 1640. The van der Waals surface area contributed by atoms with Gasteiger partial charge in [0, 0.05) is 23.8 Å². The number of aromatic nitrogens is 2. The largest absolute Gasteiger partial charge is 0.456 e. The molecule has 5 aromatic rings. The summed E-state index contributed by atoms with van der Waals surface area (Å²) in [5.41, 5.74) is 5.10. The van der Waals surface area contributed by atoms with E-state index in [4.69, 9.17) is 9.47 Å². The molecule has 3 aromatic carbocycles. The number of benzene rings is 3. The lowest BCUT2D eigenvalue weighted by molar-refractivity contribution is 0.00672. The normalized spacial score (nSPS) is 15.4. The first-order chi connectivity index (χ1) is 19.3. The van der Waals surface area contributed by atoms with E-state index in [0.717, 1.165) is 35.1 Å². The molecule has 1 aliphatic rings. The fraction of sp³-hybridized carbons (Fsp3) is 0.235. The Morgan fingerprint density at radius 3 is 2.50 bits per heavy atom. The summed E-state index contributed by atoms with van der Waals surface area (Å²) in [5.74, 6) is 0.549. The van der Waals surface area contributed by atoms with Crippen molar-refractivity contribution in [2.24, 2.45) is 0 Å². The Balaban J connectivity index is 1.30. The summed E-state index contributed by atoms with van der Waals surface area (Å²) >= 11 is 0. The summed E-state index contributed by atoms with van der Waals surface area (Å²) < 4.78 is 11.9.